The van der Waals surface area contributed by atoms with Gasteiger partial charge in [0.1, 0.15) is 0 Å². The fourth-order valence-electron chi connectivity index (χ4n) is 3.53. The summed E-state index contributed by atoms with van der Waals surface area (Å²) in [4.78, 5) is 20.4. The minimum absolute atomic E-state index is 0.276. The second-order valence-corrected chi connectivity index (χ2v) is 8.65. The fourth-order valence-corrected chi connectivity index (χ4v) is 3.53. The molecule has 0 atom stereocenters. The summed E-state index contributed by atoms with van der Waals surface area (Å²) in [7, 11) is 0. The number of hydrogen-bond acceptors (Lipinski definition) is 2. The molecule has 0 aromatic carbocycles. The fraction of sp³-hybridized carbons (Fsp3) is 0.923. The van der Waals surface area contributed by atoms with Gasteiger partial charge in [0.2, 0.25) is 0 Å². The maximum absolute atomic E-state index is 10.2. The number of carbonyl (C=O) groups is 2. The number of rotatable bonds is 22. The molecule has 0 radical (unpaired) electrons. The van der Waals surface area contributed by atoms with Crippen molar-refractivity contribution in [1.29, 1.82) is 0 Å². The van der Waals surface area contributed by atoms with Crippen molar-refractivity contribution in [3.8, 4) is 0 Å². The van der Waals surface area contributed by atoms with Crippen LogP contribution < -0.4 is 0 Å². The van der Waals surface area contributed by atoms with Crippen LogP contribution in [-0.4, -0.2) is 22.2 Å². The smallest absolute Gasteiger partial charge is 0.303 e. The molecule has 0 aliphatic carbocycles. The lowest BCUT2D eigenvalue weighted by Crippen LogP contribution is -1.94. The van der Waals surface area contributed by atoms with Crippen molar-refractivity contribution in [3.63, 3.8) is 0 Å². The molecule has 0 fully saturated rings. The lowest BCUT2D eigenvalue weighted by Gasteiger charge is -2.01. The first-order valence-electron chi connectivity index (χ1n) is 13.0. The molecular formula is C26H52O4. The van der Waals surface area contributed by atoms with Crippen LogP contribution in [0.1, 0.15) is 155 Å². The molecule has 0 aromatic rings. The van der Waals surface area contributed by atoms with Crippen molar-refractivity contribution in [1.82, 2.24) is 0 Å². The number of hydrogen-bond donors (Lipinski definition) is 2. The lowest BCUT2D eigenvalue weighted by atomic mass is 10.1. The Morgan fingerprint density at radius 2 is 0.600 bits per heavy atom. The highest BCUT2D eigenvalue weighted by atomic mass is 16.4. The highest BCUT2D eigenvalue weighted by Gasteiger charge is 1.98. The number of unbranched alkanes of at least 4 members (excludes halogenated alkanes) is 18. The summed E-state index contributed by atoms with van der Waals surface area (Å²) >= 11 is 0. The average molecular weight is 429 g/mol. The molecule has 0 aliphatic rings. The first-order chi connectivity index (χ1) is 14.5. The Kier molecular flexibility index (Phi) is 29.0. The zero-order valence-electron chi connectivity index (χ0n) is 20.3. The van der Waals surface area contributed by atoms with Crippen LogP contribution in [0, 0.1) is 0 Å². The Morgan fingerprint density at radius 3 is 0.800 bits per heavy atom. The Bertz CT molecular complexity index is 321. The monoisotopic (exact) mass is 428 g/mol. The van der Waals surface area contributed by atoms with Crippen molar-refractivity contribution in [2.24, 2.45) is 0 Å². The summed E-state index contributed by atoms with van der Waals surface area (Å²) < 4.78 is 0. The molecule has 0 heterocycles. The minimum atomic E-state index is -0.714. The molecule has 0 saturated carbocycles. The van der Waals surface area contributed by atoms with E-state index in [1.54, 1.807) is 0 Å². The number of aliphatic carboxylic acids is 2. The highest BCUT2D eigenvalue weighted by Crippen LogP contribution is 2.12. The molecule has 180 valence electrons. The zero-order chi connectivity index (χ0) is 22.7. The third-order valence-corrected chi connectivity index (χ3v) is 5.49. The van der Waals surface area contributed by atoms with Gasteiger partial charge in [-0.1, -0.05) is 129 Å². The summed E-state index contributed by atoms with van der Waals surface area (Å²) in [5.41, 5.74) is 0. The molecular weight excluding hydrogens is 376 g/mol. The second-order valence-electron chi connectivity index (χ2n) is 8.65. The van der Waals surface area contributed by atoms with Gasteiger partial charge in [-0.2, -0.15) is 0 Å². The van der Waals surface area contributed by atoms with E-state index in [2.05, 4.69) is 13.8 Å². The van der Waals surface area contributed by atoms with Gasteiger partial charge in [0.15, 0.2) is 0 Å². The Morgan fingerprint density at radius 1 is 0.400 bits per heavy atom. The van der Waals surface area contributed by atoms with E-state index in [0.717, 1.165) is 51.4 Å². The van der Waals surface area contributed by atoms with Crippen molar-refractivity contribution >= 4 is 11.9 Å². The van der Waals surface area contributed by atoms with Crippen LogP contribution in [0.3, 0.4) is 0 Å². The average Bonchev–Trinajstić information content (AvgIpc) is 2.71. The van der Waals surface area contributed by atoms with E-state index < -0.39 is 11.9 Å². The molecule has 0 amide bonds. The van der Waals surface area contributed by atoms with E-state index in [9.17, 15) is 9.59 Å². The highest BCUT2D eigenvalue weighted by molar-refractivity contribution is 5.66. The summed E-state index contributed by atoms with van der Waals surface area (Å²) in [5, 5.41) is 16.8. The lowest BCUT2D eigenvalue weighted by molar-refractivity contribution is -0.138. The standard InChI is InChI=1S/C14H30.C12H22O4/c1-3-5-7-9-11-13-14-12-10-8-6-4-2;13-11(14)9-7-5-3-1-2-4-6-8-10-12(15)16/h3-14H2,1-2H3;1-10H2,(H,13,14)(H,15,16). The summed E-state index contributed by atoms with van der Waals surface area (Å²) in [6, 6.07) is 0. The summed E-state index contributed by atoms with van der Waals surface area (Å²) in [5.74, 6) is -1.43. The van der Waals surface area contributed by atoms with Crippen LogP contribution in [0.2, 0.25) is 0 Å². The van der Waals surface area contributed by atoms with Crippen LogP contribution >= 0.6 is 0 Å². The summed E-state index contributed by atoms with van der Waals surface area (Å²) in [6.45, 7) is 4.57. The topological polar surface area (TPSA) is 74.6 Å². The quantitative estimate of drug-likeness (QED) is 0.169. The maximum Gasteiger partial charge on any atom is 0.303 e. The van der Waals surface area contributed by atoms with Gasteiger partial charge >= 0.3 is 11.9 Å². The number of carboxylic acids is 2. The van der Waals surface area contributed by atoms with Gasteiger partial charge in [0, 0.05) is 12.8 Å². The Balaban J connectivity index is 0. The Hall–Kier alpha value is -1.06. The molecule has 0 spiro atoms. The van der Waals surface area contributed by atoms with E-state index in [-0.39, 0.29) is 12.8 Å². The van der Waals surface area contributed by atoms with E-state index >= 15 is 0 Å². The maximum atomic E-state index is 10.2. The minimum Gasteiger partial charge on any atom is -0.481 e. The summed E-state index contributed by atoms with van der Waals surface area (Å²) in [6.07, 6.45) is 25.9. The molecule has 0 bridgehead atoms. The second kappa shape index (κ2) is 27.9. The molecule has 0 aliphatic heterocycles. The van der Waals surface area contributed by atoms with Gasteiger partial charge in [-0.05, 0) is 12.8 Å². The normalized spacial score (nSPS) is 10.5. The van der Waals surface area contributed by atoms with Crippen LogP contribution in [-0.2, 0) is 9.59 Å². The molecule has 0 unspecified atom stereocenters. The third kappa shape index (κ3) is 34.4. The molecule has 0 aromatic heterocycles. The van der Waals surface area contributed by atoms with Gasteiger partial charge < -0.3 is 10.2 Å². The first kappa shape index (κ1) is 31.1. The van der Waals surface area contributed by atoms with E-state index in [1.165, 1.54) is 77.0 Å². The Labute approximate surface area is 187 Å². The molecule has 4 heteroatoms. The van der Waals surface area contributed by atoms with E-state index in [1.807, 2.05) is 0 Å². The van der Waals surface area contributed by atoms with Crippen LogP contribution in [0.25, 0.3) is 0 Å². The van der Waals surface area contributed by atoms with Crippen molar-refractivity contribution in [2.75, 3.05) is 0 Å². The predicted molar refractivity (Wildman–Crippen MR) is 128 cm³/mol. The SMILES string of the molecule is CCCCCCCCCCCCCC.O=C(O)CCCCCCCCCCC(=O)O. The van der Waals surface area contributed by atoms with Crippen molar-refractivity contribution in [2.45, 2.75) is 155 Å². The van der Waals surface area contributed by atoms with Crippen LogP contribution in [0.5, 0.6) is 0 Å². The van der Waals surface area contributed by atoms with Gasteiger partial charge in [0.25, 0.3) is 0 Å². The van der Waals surface area contributed by atoms with E-state index in [4.69, 9.17) is 10.2 Å². The van der Waals surface area contributed by atoms with Crippen molar-refractivity contribution in [3.05, 3.63) is 0 Å². The van der Waals surface area contributed by atoms with Crippen molar-refractivity contribution < 1.29 is 19.8 Å². The third-order valence-electron chi connectivity index (χ3n) is 5.49. The first-order valence-corrected chi connectivity index (χ1v) is 13.0. The molecule has 30 heavy (non-hydrogen) atoms. The van der Waals surface area contributed by atoms with Gasteiger partial charge in [0.05, 0.1) is 0 Å². The van der Waals surface area contributed by atoms with Gasteiger partial charge in [-0.3, -0.25) is 9.59 Å². The van der Waals surface area contributed by atoms with Gasteiger partial charge in [-0.25, -0.2) is 0 Å². The van der Waals surface area contributed by atoms with Crippen LogP contribution in [0.4, 0.5) is 0 Å². The zero-order valence-corrected chi connectivity index (χ0v) is 20.3. The predicted octanol–water partition coefficient (Wildman–Crippen LogP) is 8.76. The van der Waals surface area contributed by atoms with Gasteiger partial charge in [-0.15, -0.1) is 0 Å². The number of carboxylic acid groups (broad SMARTS) is 2. The largest absolute Gasteiger partial charge is 0.481 e. The molecule has 0 saturated heterocycles. The van der Waals surface area contributed by atoms with E-state index in [0.29, 0.717) is 0 Å². The van der Waals surface area contributed by atoms with Crippen LogP contribution in [0.15, 0.2) is 0 Å². The molecule has 2 N–H and O–H groups in total. The molecule has 4 nitrogen and oxygen atoms in total. The molecule has 0 rings (SSSR count).